The number of nitrogens with one attached hydrogen (secondary N) is 1. The molecule has 0 aromatic heterocycles. The molecule has 0 spiro atoms. The molecule has 0 aliphatic rings. The lowest BCUT2D eigenvalue weighted by Gasteiger charge is -2.27. The predicted octanol–water partition coefficient (Wildman–Crippen LogP) is 3.44. The van der Waals surface area contributed by atoms with Crippen molar-refractivity contribution in [2.24, 2.45) is 0 Å². The van der Waals surface area contributed by atoms with Crippen molar-refractivity contribution in [1.29, 1.82) is 0 Å². The number of halogens is 2. The monoisotopic (exact) mass is 319 g/mol. The van der Waals surface area contributed by atoms with Gasteiger partial charge in [0.2, 0.25) is 5.91 Å². The summed E-state index contributed by atoms with van der Waals surface area (Å²) in [6.07, 6.45) is -1.03. The third-order valence-corrected chi connectivity index (χ3v) is 3.66. The minimum atomic E-state index is -0.964. The van der Waals surface area contributed by atoms with Crippen LogP contribution in [0.2, 0.25) is 0 Å². The number of hydrogen-bond acceptors (Lipinski definition) is 2. The minimum absolute atomic E-state index is 0.114. The van der Waals surface area contributed by atoms with Gasteiger partial charge in [-0.1, -0.05) is 36.4 Å². The molecule has 2 rings (SSSR count). The van der Waals surface area contributed by atoms with E-state index in [1.807, 2.05) is 6.07 Å². The normalized spacial score (nSPS) is 12.7. The molecule has 1 atom stereocenters. The summed E-state index contributed by atoms with van der Waals surface area (Å²) in [6, 6.07) is 12.4. The average molecular weight is 319 g/mol. The number of rotatable bonds is 5. The Labute approximate surface area is 134 Å². The second-order valence-corrected chi connectivity index (χ2v) is 5.93. The van der Waals surface area contributed by atoms with Crippen LogP contribution in [0.1, 0.15) is 37.5 Å². The Morgan fingerprint density at radius 3 is 2.39 bits per heavy atom. The van der Waals surface area contributed by atoms with E-state index < -0.39 is 23.3 Å². The fourth-order valence-electron chi connectivity index (χ4n) is 2.33. The third kappa shape index (κ3) is 4.36. The Balaban J connectivity index is 2.04. The van der Waals surface area contributed by atoms with Crippen LogP contribution in [-0.2, 0) is 10.3 Å². The smallest absolute Gasteiger partial charge is 0.223 e. The summed E-state index contributed by atoms with van der Waals surface area (Å²) in [5.41, 5.74) is 0.203. The van der Waals surface area contributed by atoms with Crippen molar-refractivity contribution in [3.8, 4) is 0 Å². The van der Waals surface area contributed by atoms with E-state index in [9.17, 15) is 18.7 Å². The van der Waals surface area contributed by atoms with Crippen LogP contribution in [0.15, 0.2) is 48.5 Å². The molecule has 2 aromatic rings. The number of carbonyl (C=O) groups excluding carboxylic acids is 1. The molecule has 5 heteroatoms. The molecule has 0 aliphatic carbocycles. The summed E-state index contributed by atoms with van der Waals surface area (Å²) in [6.45, 7) is 3.37. The van der Waals surface area contributed by atoms with Crippen LogP contribution in [0.25, 0.3) is 0 Å². The molecule has 0 fully saturated rings. The van der Waals surface area contributed by atoms with Crippen molar-refractivity contribution in [2.75, 3.05) is 0 Å². The van der Waals surface area contributed by atoms with Gasteiger partial charge in [-0.15, -0.1) is 0 Å². The lowest BCUT2D eigenvalue weighted by atomic mass is 9.93. The first kappa shape index (κ1) is 17.1. The first-order valence-electron chi connectivity index (χ1n) is 7.29. The molecule has 3 nitrogen and oxygen atoms in total. The molecule has 0 saturated carbocycles. The Bertz CT molecular complexity index is 687. The topological polar surface area (TPSA) is 49.3 Å². The number of carbonyl (C=O) groups is 1. The summed E-state index contributed by atoms with van der Waals surface area (Å²) in [4.78, 5) is 12.1. The van der Waals surface area contributed by atoms with Gasteiger partial charge in [0.05, 0.1) is 18.1 Å². The number of benzene rings is 2. The van der Waals surface area contributed by atoms with E-state index in [-0.39, 0.29) is 12.3 Å². The summed E-state index contributed by atoms with van der Waals surface area (Å²) >= 11 is 0. The molecule has 2 N–H and O–H groups in total. The van der Waals surface area contributed by atoms with Gasteiger partial charge in [-0.25, -0.2) is 8.78 Å². The Morgan fingerprint density at radius 2 is 1.78 bits per heavy atom. The second-order valence-electron chi connectivity index (χ2n) is 5.93. The number of aliphatic hydroxyl groups excluding tert-OH is 1. The van der Waals surface area contributed by atoms with Crippen LogP contribution in [0.4, 0.5) is 8.78 Å². The van der Waals surface area contributed by atoms with Crippen molar-refractivity contribution >= 4 is 5.91 Å². The highest BCUT2D eigenvalue weighted by atomic mass is 19.2. The maximum absolute atomic E-state index is 13.4. The summed E-state index contributed by atoms with van der Waals surface area (Å²) < 4.78 is 26.4. The molecule has 0 aliphatic heterocycles. The van der Waals surface area contributed by atoms with E-state index >= 15 is 0 Å². The van der Waals surface area contributed by atoms with Gasteiger partial charge in [0.25, 0.3) is 0 Å². The summed E-state index contributed by atoms with van der Waals surface area (Å²) in [5, 5.41) is 12.8. The molecule has 0 radical (unpaired) electrons. The largest absolute Gasteiger partial charge is 0.388 e. The zero-order valence-corrected chi connectivity index (χ0v) is 13.0. The van der Waals surface area contributed by atoms with E-state index in [1.54, 1.807) is 38.1 Å². The quantitative estimate of drug-likeness (QED) is 0.887. The van der Waals surface area contributed by atoms with Gasteiger partial charge in [0.15, 0.2) is 11.6 Å². The SMILES string of the molecule is CC(C)(NC(=O)CC(O)c1ccccc1)c1ccc(F)c(F)c1. The highest BCUT2D eigenvalue weighted by Crippen LogP contribution is 2.23. The lowest BCUT2D eigenvalue weighted by molar-refractivity contribution is -0.124. The average Bonchev–Trinajstić information content (AvgIpc) is 2.50. The van der Waals surface area contributed by atoms with Crippen LogP contribution in [0, 0.1) is 11.6 Å². The van der Waals surface area contributed by atoms with E-state index in [0.717, 1.165) is 12.1 Å². The summed E-state index contributed by atoms with van der Waals surface area (Å²) in [7, 11) is 0. The van der Waals surface area contributed by atoms with Gasteiger partial charge in [0, 0.05) is 0 Å². The van der Waals surface area contributed by atoms with Crippen LogP contribution in [0.5, 0.6) is 0 Å². The molecule has 2 aromatic carbocycles. The Hall–Kier alpha value is -2.27. The van der Waals surface area contributed by atoms with Crippen LogP contribution >= 0.6 is 0 Å². The molecule has 122 valence electrons. The zero-order valence-electron chi connectivity index (χ0n) is 13.0. The van der Waals surface area contributed by atoms with Gasteiger partial charge in [-0.05, 0) is 37.1 Å². The van der Waals surface area contributed by atoms with Gasteiger partial charge in [0.1, 0.15) is 0 Å². The minimum Gasteiger partial charge on any atom is -0.388 e. The predicted molar refractivity (Wildman–Crippen MR) is 83.5 cm³/mol. The van der Waals surface area contributed by atoms with Gasteiger partial charge < -0.3 is 10.4 Å². The highest BCUT2D eigenvalue weighted by molar-refractivity contribution is 5.77. The van der Waals surface area contributed by atoms with E-state index in [0.29, 0.717) is 11.1 Å². The molecular weight excluding hydrogens is 300 g/mol. The van der Waals surface area contributed by atoms with E-state index in [4.69, 9.17) is 0 Å². The number of aliphatic hydroxyl groups is 1. The zero-order chi connectivity index (χ0) is 17.0. The standard InChI is InChI=1S/C18H19F2NO2/c1-18(2,13-8-9-14(19)15(20)10-13)21-17(23)11-16(22)12-6-4-3-5-7-12/h3-10,16,22H,11H2,1-2H3,(H,21,23). The van der Waals surface area contributed by atoms with E-state index in [1.165, 1.54) is 6.07 Å². The van der Waals surface area contributed by atoms with Crippen molar-refractivity contribution in [3.05, 3.63) is 71.3 Å². The molecule has 1 unspecified atom stereocenters. The maximum Gasteiger partial charge on any atom is 0.223 e. The van der Waals surface area contributed by atoms with Gasteiger partial charge in [-0.3, -0.25) is 4.79 Å². The van der Waals surface area contributed by atoms with Crippen LogP contribution in [0.3, 0.4) is 0 Å². The van der Waals surface area contributed by atoms with Gasteiger partial charge in [-0.2, -0.15) is 0 Å². The van der Waals surface area contributed by atoms with Gasteiger partial charge >= 0.3 is 0 Å². The molecule has 0 bridgehead atoms. The molecule has 0 saturated heterocycles. The van der Waals surface area contributed by atoms with Crippen molar-refractivity contribution < 1.29 is 18.7 Å². The van der Waals surface area contributed by atoms with E-state index in [2.05, 4.69) is 5.32 Å². The maximum atomic E-state index is 13.4. The first-order chi connectivity index (χ1) is 10.8. The fraction of sp³-hybridized carbons (Fsp3) is 0.278. The highest BCUT2D eigenvalue weighted by Gasteiger charge is 2.25. The Kier molecular flexibility index (Phi) is 5.11. The first-order valence-corrected chi connectivity index (χ1v) is 7.29. The second kappa shape index (κ2) is 6.87. The Morgan fingerprint density at radius 1 is 1.13 bits per heavy atom. The third-order valence-electron chi connectivity index (χ3n) is 3.66. The van der Waals surface area contributed by atoms with Crippen LogP contribution < -0.4 is 5.32 Å². The number of hydrogen-bond donors (Lipinski definition) is 2. The molecule has 1 amide bonds. The summed E-state index contributed by atoms with van der Waals surface area (Å²) in [5.74, 6) is -2.28. The van der Waals surface area contributed by atoms with Crippen LogP contribution in [-0.4, -0.2) is 11.0 Å². The lowest BCUT2D eigenvalue weighted by Crippen LogP contribution is -2.41. The molecular formula is C18H19F2NO2. The fourth-order valence-corrected chi connectivity index (χ4v) is 2.33. The van der Waals surface area contributed by atoms with Crippen molar-refractivity contribution in [2.45, 2.75) is 31.9 Å². The van der Waals surface area contributed by atoms with Crippen molar-refractivity contribution in [1.82, 2.24) is 5.32 Å². The van der Waals surface area contributed by atoms with Crippen molar-refractivity contribution in [3.63, 3.8) is 0 Å². The number of amides is 1. The molecule has 23 heavy (non-hydrogen) atoms. The molecule has 0 heterocycles.